The van der Waals surface area contributed by atoms with Crippen LogP contribution in [-0.2, 0) is 23.4 Å². The van der Waals surface area contributed by atoms with E-state index in [1.54, 1.807) is 23.1 Å². The van der Waals surface area contributed by atoms with Crippen LogP contribution in [0.2, 0.25) is 0 Å². The maximum absolute atomic E-state index is 12.7. The van der Waals surface area contributed by atoms with E-state index in [1.165, 1.54) is 40.8 Å². The average Bonchev–Trinajstić information content (AvgIpc) is 3.55. The Hall–Kier alpha value is -2.12. The molecule has 5 rings (SSSR count). The zero-order valence-electron chi connectivity index (χ0n) is 18.4. The molecule has 3 aromatic rings. The summed E-state index contributed by atoms with van der Waals surface area (Å²) in [6.07, 6.45) is 7.26. The van der Waals surface area contributed by atoms with Crippen molar-refractivity contribution < 1.29 is 4.79 Å². The van der Waals surface area contributed by atoms with Crippen molar-refractivity contribution in [1.82, 2.24) is 15.3 Å². The number of nitrogens with zero attached hydrogens (tertiary/aromatic N) is 1. The van der Waals surface area contributed by atoms with Gasteiger partial charge in [0.1, 0.15) is 10.7 Å². The minimum absolute atomic E-state index is 0.00637. The smallest absolute Gasteiger partial charge is 0.259 e. The van der Waals surface area contributed by atoms with Crippen LogP contribution in [0.15, 0.2) is 29.1 Å². The number of aromatic nitrogens is 2. The molecule has 2 heterocycles. The van der Waals surface area contributed by atoms with Crippen LogP contribution in [0.4, 0.5) is 0 Å². The highest BCUT2D eigenvalue weighted by atomic mass is 32.2. The molecule has 32 heavy (non-hydrogen) atoms. The fourth-order valence-electron chi connectivity index (χ4n) is 4.53. The molecule has 0 radical (unpaired) electrons. The van der Waals surface area contributed by atoms with Gasteiger partial charge in [-0.25, -0.2) is 4.98 Å². The Kier molecular flexibility index (Phi) is 6.37. The topological polar surface area (TPSA) is 74.8 Å². The number of carbonyl (C=O) groups is 1. The molecule has 2 N–H and O–H groups in total. The van der Waals surface area contributed by atoms with Gasteiger partial charge in [0.2, 0.25) is 5.91 Å². The first kappa shape index (κ1) is 21.7. The van der Waals surface area contributed by atoms with Crippen molar-refractivity contribution in [2.24, 2.45) is 5.92 Å². The summed E-state index contributed by atoms with van der Waals surface area (Å²) in [6, 6.07) is 8.61. The molecule has 1 amide bonds. The molecule has 1 saturated carbocycles. The largest absolute Gasteiger partial charge is 0.349 e. The van der Waals surface area contributed by atoms with Crippen molar-refractivity contribution >= 4 is 39.2 Å². The second-order valence-corrected chi connectivity index (χ2v) is 11.2. The first-order valence-corrected chi connectivity index (χ1v) is 13.5. The first-order chi connectivity index (χ1) is 15.6. The molecule has 2 aliphatic rings. The number of hydrogen-bond donors (Lipinski definition) is 2. The second-order valence-electron chi connectivity index (χ2n) is 9.00. The standard InChI is InChI=1S/C25H29N3O2S2/c1-15-6-8-16(9-7-15)23(17-10-11-17)28-21(29)12-13-31-14-20-26-24(30)22-18-4-2-3-5-19(18)32-25(22)27-20/h6-9,17,23H,2-5,10-14H2,1H3,(H,28,29)(H,26,27,30). The number of rotatable bonds is 8. The summed E-state index contributed by atoms with van der Waals surface area (Å²) < 4.78 is 0. The van der Waals surface area contributed by atoms with Gasteiger partial charge in [0.25, 0.3) is 5.56 Å². The molecule has 0 bridgehead atoms. The zero-order valence-corrected chi connectivity index (χ0v) is 20.0. The van der Waals surface area contributed by atoms with Gasteiger partial charge in [-0.2, -0.15) is 11.8 Å². The summed E-state index contributed by atoms with van der Waals surface area (Å²) in [4.78, 5) is 35.2. The van der Waals surface area contributed by atoms with Crippen molar-refractivity contribution in [1.29, 1.82) is 0 Å². The van der Waals surface area contributed by atoms with Gasteiger partial charge in [0.05, 0.1) is 17.2 Å². The first-order valence-electron chi connectivity index (χ1n) is 11.6. The molecule has 5 nitrogen and oxygen atoms in total. The molecule has 0 aliphatic heterocycles. The molecular weight excluding hydrogens is 438 g/mol. The van der Waals surface area contributed by atoms with E-state index < -0.39 is 0 Å². The van der Waals surface area contributed by atoms with Crippen molar-refractivity contribution in [3.8, 4) is 0 Å². The fourth-order valence-corrected chi connectivity index (χ4v) is 6.62. The minimum Gasteiger partial charge on any atom is -0.349 e. The molecule has 2 aromatic heterocycles. The third-order valence-corrected chi connectivity index (χ3v) is 8.59. The van der Waals surface area contributed by atoms with Gasteiger partial charge in [-0.05, 0) is 62.5 Å². The van der Waals surface area contributed by atoms with Crippen LogP contribution in [0.1, 0.15) is 65.5 Å². The lowest BCUT2D eigenvalue weighted by molar-refractivity contribution is -0.121. The third kappa shape index (κ3) is 4.79. The number of aryl methyl sites for hydroxylation is 3. The normalized spacial score (nSPS) is 16.7. The highest BCUT2D eigenvalue weighted by molar-refractivity contribution is 7.98. The van der Waals surface area contributed by atoms with Gasteiger partial charge in [0.15, 0.2) is 0 Å². The lowest BCUT2D eigenvalue weighted by Gasteiger charge is -2.19. The maximum Gasteiger partial charge on any atom is 0.259 e. The Morgan fingerprint density at radius 1 is 1.25 bits per heavy atom. The fraction of sp³-hybridized carbons (Fsp3) is 0.480. The van der Waals surface area contributed by atoms with E-state index in [4.69, 9.17) is 4.98 Å². The highest BCUT2D eigenvalue weighted by Crippen LogP contribution is 2.41. The summed E-state index contributed by atoms with van der Waals surface area (Å²) in [5, 5.41) is 4.06. The van der Waals surface area contributed by atoms with E-state index in [1.807, 2.05) is 0 Å². The molecule has 7 heteroatoms. The number of H-pyrrole nitrogens is 1. The predicted octanol–water partition coefficient (Wildman–Crippen LogP) is 5.06. The number of thiophene rings is 1. The van der Waals surface area contributed by atoms with Crippen LogP contribution in [0.3, 0.4) is 0 Å². The summed E-state index contributed by atoms with van der Waals surface area (Å²) in [6.45, 7) is 2.08. The van der Waals surface area contributed by atoms with Gasteiger partial charge >= 0.3 is 0 Å². The number of amides is 1. The van der Waals surface area contributed by atoms with Crippen LogP contribution in [-0.4, -0.2) is 21.6 Å². The number of benzene rings is 1. The Bertz CT molecular complexity index is 1180. The predicted molar refractivity (Wildman–Crippen MR) is 132 cm³/mol. The summed E-state index contributed by atoms with van der Waals surface area (Å²) in [5.74, 6) is 2.69. The number of carbonyl (C=O) groups excluding carboxylic acids is 1. The lowest BCUT2D eigenvalue weighted by atomic mass is 9.97. The van der Waals surface area contributed by atoms with Gasteiger partial charge in [-0.3, -0.25) is 9.59 Å². The average molecular weight is 468 g/mol. The summed E-state index contributed by atoms with van der Waals surface area (Å²) in [7, 11) is 0. The van der Waals surface area contributed by atoms with E-state index in [9.17, 15) is 9.59 Å². The number of thioether (sulfide) groups is 1. The van der Waals surface area contributed by atoms with Crippen LogP contribution >= 0.6 is 23.1 Å². The summed E-state index contributed by atoms with van der Waals surface area (Å²) in [5.41, 5.74) is 3.65. The molecular formula is C25H29N3O2S2. The molecule has 2 aliphatic carbocycles. The molecule has 0 spiro atoms. The molecule has 1 atom stereocenters. The number of hydrogen-bond acceptors (Lipinski definition) is 5. The Labute approximate surface area is 196 Å². The third-order valence-electron chi connectivity index (χ3n) is 6.43. The van der Waals surface area contributed by atoms with Gasteiger partial charge < -0.3 is 10.3 Å². The van der Waals surface area contributed by atoms with Crippen LogP contribution in [0.25, 0.3) is 10.2 Å². The van der Waals surface area contributed by atoms with Crippen molar-refractivity contribution in [3.63, 3.8) is 0 Å². The Balaban J connectivity index is 1.15. The quantitative estimate of drug-likeness (QED) is 0.454. The molecule has 168 valence electrons. The lowest BCUT2D eigenvalue weighted by Crippen LogP contribution is -2.30. The van der Waals surface area contributed by atoms with Gasteiger partial charge in [-0.15, -0.1) is 11.3 Å². The minimum atomic E-state index is -0.00637. The molecule has 1 fully saturated rings. The monoisotopic (exact) mass is 467 g/mol. The van der Waals surface area contributed by atoms with E-state index in [0.29, 0.717) is 29.7 Å². The molecule has 1 aromatic carbocycles. The van der Waals surface area contributed by atoms with Crippen LogP contribution < -0.4 is 10.9 Å². The van der Waals surface area contributed by atoms with Gasteiger partial charge in [-0.1, -0.05) is 29.8 Å². The van der Waals surface area contributed by atoms with Crippen LogP contribution in [0.5, 0.6) is 0 Å². The number of aromatic amines is 1. The second kappa shape index (κ2) is 9.40. The molecule has 0 saturated heterocycles. The van der Waals surface area contributed by atoms with Crippen molar-refractivity contribution in [3.05, 3.63) is 62.0 Å². The van der Waals surface area contributed by atoms with E-state index in [-0.39, 0.29) is 17.5 Å². The zero-order chi connectivity index (χ0) is 22.1. The SMILES string of the molecule is Cc1ccc(C(NC(=O)CCSCc2nc3sc4c(c3c(=O)[nH]2)CCCC4)C2CC2)cc1. The van der Waals surface area contributed by atoms with E-state index >= 15 is 0 Å². The van der Waals surface area contributed by atoms with Crippen molar-refractivity contribution in [2.45, 2.75) is 63.7 Å². The number of nitrogens with one attached hydrogen (secondary N) is 2. The maximum atomic E-state index is 12.7. The Morgan fingerprint density at radius 2 is 2.03 bits per heavy atom. The van der Waals surface area contributed by atoms with Gasteiger partial charge in [0, 0.05) is 17.1 Å². The van der Waals surface area contributed by atoms with Crippen LogP contribution in [0, 0.1) is 12.8 Å². The summed E-state index contributed by atoms with van der Waals surface area (Å²) >= 11 is 3.33. The molecule has 1 unspecified atom stereocenters. The Morgan fingerprint density at radius 3 is 2.81 bits per heavy atom. The van der Waals surface area contributed by atoms with Crippen molar-refractivity contribution in [2.75, 3.05) is 5.75 Å². The van der Waals surface area contributed by atoms with E-state index in [2.05, 4.69) is 41.5 Å². The van der Waals surface area contributed by atoms with E-state index in [0.717, 1.165) is 29.5 Å². The number of fused-ring (bicyclic) bond motifs is 3. The highest BCUT2D eigenvalue weighted by Gasteiger charge is 2.33.